The van der Waals surface area contributed by atoms with Crippen LogP contribution in [0.15, 0.2) is 24.4 Å². The fourth-order valence-electron chi connectivity index (χ4n) is 3.32. The second kappa shape index (κ2) is 7.51. The van der Waals surface area contributed by atoms with Crippen LogP contribution in [-0.4, -0.2) is 51.9 Å². The van der Waals surface area contributed by atoms with Crippen molar-refractivity contribution < 1.29 is 14.3 Å². The van der Waals surface area contributed by atoms with Gasteiger partial charge in [0.05, 0.1) is 6.10 Å². The Morgan fingerprint density at radius 3 is 2.83 bits per heavy atom. The molecule has 2 heterocycles. The molecule has 1 saturated carbocycles. The highest BCUT2D eigenvalue weighted by Crippen LogP contribution is 2.40. The van der Waals surface area contributed by atoms with Gasteiger partial charge < -0.3 is 21.1 Å². The lowest BCUT2D eigenvalue weighted by molar-refractivity contribution is -0.127. The van der Waals surface area contributed by atoms with Gasteiger partial charge in [-0.05, 0) is 31.4 Å². The number of aliphatic hydroxyl groups excluding tert-OH is 1. The number of nitrogens with two attached hydrogens (primary N) is 1. The van der Waals surface area contributed by atoms with Gasteiger partial charge >= 0.3 is 0 Å². The van der Waals surface area contributed by atoms with Crippen molar-refractivity contribution in [3.63, 3.8) is 0 Å². The van der Waals surface area contributed by atoms with Crippen molar-refractivity contribution in [1.82, 2.24) is 15.3 Å². The van der Waals surface area contributed by atoms with E-state index in [1.54, 1.807) is 12.3 Å². The maximum atomic E-state index is 13.9. The molecule has 2 atom stereocenters. The summed E-state index contributed by atoms with van der Waals surface area (Å²) in [4.78, 5) is 22.9. The lowest BCUT2D eigenvalue weighted by Crippen LogP contribution is -2.34. The predicted molar refractivity (Wildman–Crippen MR) is 108 cm³/mol. The Morgan fingerprint density at radius 1 is 1.45 bits per heavy atom. The molecular weight excluding hydrogens is 397 g/mol. The number of benzene rings is 1. The fraction of sp³-hybridized carbons (Fsp3) is 0.450. The average Bonchev–Trinajstić information content (AvgIpc) is 3.37. The van der Waals surface area contributed by atoms with E-state index < -0.39 is 23.7 Å². The fourth-order valence-corrected chi connectivity index (χ4v) is 3.50. The Labute approximate surface area is 173 Å². The first-order chi connectivity index (χ1) is 13.8. The lowest BCUT2D eigenvalue weighted by atomic mass is 10.1. The number of carbonyl (C=O) groups is 1. The Morgan fingerprint density at radius 2 is 2.21 bits per heavy atom. The second-order valence-corrected chi connectivity index (χ2v) is 8.20. The topological polar surface area (TPSA) is 104 Å². The number of nitrogens with one attached hydrogen (secondary N) is 1. The molecule has 0 radical (unpaired) electrons. The molecule has 1 aromatic carbocycles. The summed E-state index contributed by atoms with van der Waals surface area (Å²) in [5, 5.41) is 13.3. The smallest absolute Gasteiger partial charge is 0.257 e. The number of alkyl halides is 1. The van der Waals surface area contributed by atoms with Crippen LogP contribution in [-0.2, 0) is 11.3 Å². The van der Waals surface area contributed by atoms with Gasteiger partial charge in [-0.3, -0.25) is 4.79 Å². The molecule has 0 bridgehead atoms. The van der Waals surface area contributed by atoms with Crippen molar-refractivity contribution in [1.29, 1.82) is 0 Å². The summed E-state index contributed by atoms with van der Waals surface area (Å²) in [5.41, 5.74) is 6.54. The zero-order valence-corrected chi connectivity index (χ0v) is 16.8. The van der Waals surface area contributed by atoms with Crippen LogP contribution in [0, 0.1) is 6.92 Å². The second-order valence-electron chi connectivity index (χ2n) is 7.79. The number of aryl methyl sites for hydroxylation is 1. The van der Waals surface area contributed by atoms with Crippen LogP contribution in [0.3, 0.4) is 0 Å². The van der Waals surface area contributed by atoms with Gasteiger partial charge in [0.15, 0.2) is 11.5 Å². The van der Waals surface area contributed by atoms with E-state index in [2.05, 4.69) is 15.3 Å². The van der Waals surface area contributed by atoms with Crippen LogP contribution in [0.1, 0.15) is 24.0 Å². The Kier molecular flexibility index (Phi) is 5.18. The Bertz CT molecular complexity index is 942. The molecule has 1 aromatic heterocycles. The molecule has 7 nitrogen and oxygen atoms in total. The molecule has 2 aliphatic rings. The summed E-state index contributed by atoms with van der Waals surface area (Å²) in [6, 6.07) is 5.17. The Balaban J connectivity index is 1.64. The van der Waals surface area contributed by atoms with Crippen LogP contribution in [0.5, 0.6) is 0 Å². The maximum Gasteiger partial charge on any atom is 0.257 e. The summed E-state index contributed by atoms with van der Waals surface area (Å²) in [5.74, 6) is 0.412. The zero-order chi connectivity index (χ0) is 20.8. The molecule has 1 aliphatic carbocycles. The van der Waals surface area contributed by atoms with Crippen molar-refractivity contribution in [2.45, 2.75) is 44.1 Å². The largest absolute Gasteiger partial charge is 0.390 e. The quantitative estimate of drug-likeness (QED) is 0.681. The van der Waals surface area contributed by atoms with Gasteiger partial charge in [0.2, 0.25) is 0 Å². The van der Waals surface area contributed by atoms with Crippen molar-refractivity contribution in [2.75, 3.05) is 18.0 Å². The zero-order valence-electron chi connectivity index (χ0n) is 16.0. The van der Waals surface area contributed by atoms with E-state index in [1.165, 1.54) is 0 Å². The van der Waals surface area contributed by atoms with Gasteiger partial charge in [0.25, 0.3) is 5.91 Å². The minimum absolute atomic E-state index is 0.0939. The molecular formula is C20H23ClFN5O2. The van der Waals surface area contributed by atoms with E-state index in [9.17, 15) is 14.3 Å². The number of aromatic nitrogens is 2. The third-order valence-corrected chi connectivity index (χ3v) is 5.85. The van der Waals surface area contributed by atoms with Crippen molar-refractivity contribution in [2.24, 2.45) is 5.73 Å². The highest BCUT2D eigenvalue weighted by molar-refractivity contribution is 6.31. The number of hydrogen-bond donors (Lipinski definition) is 3. The number of carbonyl (C=O) groups excluding carboxylic acids is 1. The van der Waals surface area contributed by atoms with Gasteiger partial charge in [0, 0.05) is 48.0 Å². The Hall–Kier alpha value is -2.29. The summed E-state index contributed by atoms with van der Waals surface area (Å²) in [6.07, 6.45) is 1.44. The van der Waals surface area contributed by atoms with Gasteiger partial charge in [-0.25, -0.2) is 14.4 Å². The molecule has 0 spiro atoms. The number of amides is 1. The molecule has 2 fully saturated rings. The minimum atomic E-state index is -1.74. The predicted octanol–water partition coefficient (Wildman–Crippen LogP) is 1.73. The van der Waals surface area contributed by atoms with Crippen molar-refractivity contribution >= 4 is 23.3 Å². The number of hydrogen-bond acceptors (Lipinski definition) is 6. The first-order valence-electron chi connectivity index (χ1n) is 9.55. The van der Waals surface area contributed by atoms with Gasteiger partial charge in [0.1, 0.15) is 5.82 Å². The number of rotatable bonds is 5. The van der Waals surface area contributed by atoms with Crippen LogP contribution >= 0.6 is 11.6 Å². The number of anilines is 1. The van der Waals surface area contributed by atoms with E-state index in [0.29, 0.717) is 35.3 Å². The standard InChI is InChI=1S/C20H23ClFN5O2/c1-11-2-3-12(6-14(11)21)17-24-7-13(8-25-19(29)20(22)4-5-20)18(26-17)27-9-15(23)16(28)10-27/h2-3,6-7,15-16,28H,4-5,8-10,23H2,1H3,(H,25,29)/t15-,16-/m0/s1. The number of β-amino-alcohol motifs (C(OH)–C–C–N with tert-alkyl or cyclic N) is 1. The molecule has 1 aliphatic heterocycles. The molecule has 2 aromatic rings. The van der Waals surface area contributed by atoms with E-state index in [4.69, 9.17) is 17.3 Å². The van der Waals surface area contributed by atoms with Crippen LogP contribution in [0.25, 0.3) is 11.4 Å². The molecule has 4 N–H and O–H groups in total. The lowest BCUT2D eigenvalue weighted by Gasteiger charge is -2.21. The first-order valence-corrected chi connectivity index (χ1v) is 9.93. The summed E-state index contributed by atoms with van der Waals surface area (Å²) in [6.45, 7) is 2.74. The first kappa shape index (κ1) is 20.0. The minimum Gasteiger partial charge on any atom is -0.390 e. The number of halogens is 2. The molecule has 1 saturated heterocycles. The normalized spacial score (nSPS) is 22.6. The summed E-state index contributed by atoms with van der Waals surface area (Å²) < 4.78 is 13.9. The molecule has 9 heteroatoms. The highest BCUT2D eigenvalue weighted by Gasteiger charge is 2.50. The van der Waals surface area contributed by atoms with Gasteiger partial charge in [-0.2, -0.15) is 0 Å². The van der Waals surface area contributed by atoms with E-state index in [-0.39, 0.29) is 19.4 Å². The van der Waals surface area contributed by atoms with E-state index in [1.807, 2.05) is 24.0 Å². The van der Waals surface area contributed by atoms with Gasteiger partial charge in [-0.15, -0.1) is 0 Å². The maximum absolute atomic E-state index is 13.9. The van der Waals surface area contributed by atoms with Crippen molar-refractivity contribution in [3.8, 4) is 11.4 Å². The monoisotopic (exact) mass is 419 g/mol. The molecule has 1 amide bonds. The van der Waals surface area contributed by atoms with E-state index >= 15 is 0 Å². The van der Waals surface area contributed by atoms with E-state index in [0.717, 1.165) is 11.1 Å². The highest BCUT2D eigenvalue weighted by atomic mass is 35.5. The van der Waals surface area contributed by atoms with Crippen LogP contribution < -0.4 is 16.0 Å². The summed E-state index contributed by atoms with van der Waals surface area (Å²) >= 11 is 6.23. The van der Waals surface area contributed by atoms with Crippen LogP contribution in [0.4, 0.5) is 10.2 Å². The van der Waals surface area contributed by atoms with Crippen LogP contribution in [0.2, 0.25) is 5.02 Å². The molecule has 29 heavy (non-hydrogen) atoms. The molecule has 0 unspecified atom stereocenters. The van der Waals surface area contributed by atoms with Crippen molar-refractivity contribution in [3.05, 3.63) is 40.5 Å². The van der Waals surface area contributed by atoms with Gasteiger partial charge in [-0.1, -0.05) is 23.7 Å². The summed E-state index contributed by atoms with van der Waals surface area (Å²) in [7, 11) is 0. The number of nitrogens with zero attached hydrogens (tertiary/aromatic N) is 3. The average molecular weight is 420 g/mol. The number of aliphatic hydroxyl groups is 1. The SMILES string of the molecule is Cc1ccc(-c2ncc(CNC(=O)C3(F)CC3)c(N3C[C@H](N)[C@@H](O)C3)n2)cc1Cl. The molecule has 4 rings (SSSR count). The third kappa shape index (κ3) is 4.05. The molecule has 154 valence electrons. The third-order valence-electron chi connectivity index (χ3n) is 5.44.